The van der Waals surface area contributed by atoms with Crippen molar-refractivity contribution in [3.05, 3.63) is 0 Å². The van der Waals surface area contributed by atoms with Crippen molar-refractivity contribution in [3.63, 3.8) is 0 Å². The average Bonchev–Trinajstić information content (AvgIpc) is 2.78. The van der Waals surface area contributed by atoms with Crippen LogP contribution in [0.4, 0.5) is 0 Å². The number of rotatable bonds is 5. The lowest BCUT2D eigenvalue weighted by atomic mass is 9.82. The Bertz CT molecular complexity index is 298. The Balaban J connectivity index is 2.83. The van der Waals surface area contributed by atoms with Gasteiger partial charge in [0.15, 0.2) is 0 Å². The van der Waals surface area contributed by atoms with Crippen LogP contribution in [0, 0.1) is 5.41 Å². The molecule has 0 saturated carbocycles. The van der Waals surface area contributed by atoms with Gasteiger partial charge in [-0.2, -0.15) is 0 Å². The van der Waals surface area contributed by atoms with E-state index < -0.39 is 17.4 Å². The second-order valence-electron chi connectivity index (χ2n) is 4.74. The van der Waals surface area contributed by atoms with Crippen molar-refractivity contribution in [2.24, 2.45) is 5.41 Å². The summed E-state index contributed by atoms with van der Waals surface area (Å²) in [5.41, 5.74) is -0.405. The van der Waals surface area contributed by atoms with E-state index in [1.807, 2.05) is 6.92 Å². The lowest BCUT2D eigenvalue weighted by Gasteiger charge is -2.33. The fourth-order valence-electron chi connectivity index (χ4n) is 2.51. The largest absolute Gasteiger partial charge is 0.480 e. The van der Waals surface area contributed by atoms with Gasteiger partial charge in [0.2, 0.25) is 5.91 Å². The van der Waals surface area contributed by atoms with Crippen molar-refractivity contribution in [2.75, 3.05) is 20.1 Å². The van der Waals surface area contributed by atoms with Crippen molar-refractivity contribution >= 4 is 11.9 Å². The lowest BCUT2D eigenvalue weighted by molar-refractivity contribution is -0.153. The molecule has 2 unspecified atom stereocenters. The van der Waals surface area contributed by atoms with Crippen LogP contribution in [0.3, 0.4) is 0 Å². The molecule has 1 aliphatic heterocycles. The Morgan fingerprint density at radius 2 is 2.12 bits per heavy atom. The number of likely N-dealkylation sites (N-methyl/N-ethyl adjacent to an activating group) is 1. The minimum absolute atomic E-state index is 0.0424. The first kappa shape index (κ1) is 14.0. The number of hydrogen-bond acceptors (Lipinski definition) is 3. The summed E-state index contributed by atoms with van der Waals surface area (Å²) in [5.74, 6) is -0.972. The zero-order chi connectivity index (χ0) is 13.1. The molecule has 0 aromatic carbocycles. The third-order valence-electron chi connectivity index (χ3n) is 3.83. The van der Waals surface area contributed by atoms with Crippen molar-refractivity contribution < 1.29 is 14.7 Å². The third kappa shape index (κ3) is 2.60. The summed E-state index contributed by atoms with van der Waals surface area (Å²) in [5, 5.41) is 12.3. The summed E-state index contributed by atoms with van der Waals surface area (Å²) in [7, 11) is 1.60. The standard InChI is InChI=1S/C12H22N2O3/c1-4-9(10(15)16)14(3)11(17)12(5-2)6-7-13-8-12/h9,13H,4-8H2,1-3H3,(H,15,16). The highest BCUT2D eigenvalue weighted by Gasteiger charge is 2.43. The fraction of sp³-hybridized carbons (Fsp3) is 0.833. The highest BCUT2D eigenvalue weighted by atomic mass is 16.4. The van der Waals surface area contributed by atoms with E-state index in [4.69, 9.17) is 5.11 Å². The lowest BCUT2D eigenvalue weighted by Crippen LogP contribution is -2.50. The third-order valence-corrected chi connectivity index (χ3v) is 3.83. The molecule has 5 nitrogen and oxygen atoms in total. The van der Waals surface area contributed by atoms with Crippen LogP contribution in [-0.2, 0) is 9.59 Å². The van der Waals surface area contributed by atoms with Crippen LogP contribution in [0.2, 0.25) is 0 Å². The monoisotopic (exact) mass is 242 g/mol. The molecule has 17 heavy (non-hydrogen) atoms. The van der Waals surface area contributed by atoms with E-state index in [9.17, 15) is 9.59 Å². The highest BCUT2D eigenvalue weighted by molar-refractivity contribution is 5.87. The zero-order valence-electron chi connectivity index (χ0n) is 10.8. The van der Waals surface area contributed by atoms with Gasteiger partial charge < -0.3 is 15.3 Å². The molecule has 98 valence electrons. The first-order chi connectivity index (χ1) is 7.98. The maximum absolute atomic E-state index is 12.4. The van der Waals surface area contributed by atoms with Gasteiger partial charge in [-0.1, -0.05) is 13.8 Å². The Hall–Kier alpha value is -1.10. The van der Waals surface area contributed by atoms with Gasteiger partial charge in [0.05, 0.1) is 5.41 Å². The maximum atomic E-state index is 12.4. The second kappa shape index (κ2) is 5.49. The van der Waals surface area contributed by atoms with Crippen LogP contribution in [0.15, 0.2) is 0 Å². The molecule has 0 bridgehead atoms. The quantitative estimate of drug-likeness (QED) is 0.744. The van der Waals surface area contributed by atoms with Gasteiger partial charge in [0.1, 0.15) is 6.04 Å². The summed E-state index contributed by atoms with van der Waals surface area (Å²) in [6.45, 7) is 5.26. The Labute approximate surface area is 102 Å². The van der Waals surface area contributed by atoms with Crippen molar-refractivity contribution in [3.8, 4) is 0 Å². The SMILES string of the molecule is CCC(C(=O)O)N(C)C(=O)C1(CC)CCNC1. The molecule has 1 fully saturated rings. The van der Waals surface area contributed by atoms with Gasteiger partial charge >= 0.3 is 5.97 Å². The average molecular weight is 242 g/mol. The van der Waals surface area contributed by atoms with Crippen LogP contribution < -0.4 is 5.32 Å². The fourth-order valence-corrected chi connectivity index (χ4v) is 2.51. The number of aliphatic carboxylic acids is 1. The van der Waals surface area contributed by atoms with Gasteiger partial charge in [-0.3, -0.25) is 4.79 Å². The van der Waals surface area contributed by atoms with Crippen molar-refractivity contribution in [1.82, 2.24) is 10.2 Å². The number of amides is 1. The molecule has 1 aliphatic rings. The summed E-state index contributed by atoms with van der Waals surface area (Å²) in [6, 6.07) is -0.716. The van der Waals surface area contributed by atoms with Gasteiger partial charge in [0.25, 0.3) is 0 Å². The molecule has 0 spiro atoms. The minimum Gasteiger partial charge on any atom is -0.480 e. The van der Waals surface area contributed by atoms with E-state index in [0.717, 1.165) is 19.4 Å². The van der Waals surface area contributed by atoms with Gasteiger partial charge in [0, 0.05) is 13.6 Å². The molecule has 0 radical (unpaired) electrons. The molecule has 0 aliphatic carbocycles. The smallest absolute Gasteiger partial charge is 0.326 e. The summed E-state index contributed by atoms with van der Waals surface area (Å²) < 4.78 is 0. The van der Waals surface area contributed by atoms with E-state index in [-0.39, 0.29) is 5.91 Å². The minimum atomic E-state index is -0.930. The normalized spacial score (nSPS) is 25.6. The summed E-state index contributed by atoms with van der Waals surface area (Å²) >= 11 is 0. The van der Waals surface area contributed by atoms with Crippen LogP contribution in [0.5, 0.6) is 0 Å². The van der Waals surface area contributed by atoms with E-state index >= 15 is 0 Å². The number of carbonyl (C=O) groups excluding carboxylic acids is 1. The Morgan fingerprint density at radius 3 is 2.47 bits per heavy atom. The van der Waals surface area contributed by atoms with Crippen LogP contribution in [-0.4, -0.2) is 48.1 Å². The van der Waals surface area contributed by atoms with Gasteiger partial charge in [-0.05, 0) is 25.8 Å². The number of hydrogen-bond donors (Lipinski definition) is 2. The molecular weight excluding hydrogens is 220 g/mol. The molecule has 2 atom stereocenters. The number of nitrogens with one attached hydrogen (secondary N) is 1. The van der Waals surface area contributed by atoms with E-state index in [0.29, 0.717) is 13.0 Å². The molecule has 1 heterocycles. The molecule has 1 amide bonds. The first-order valence-electron chi connectivity index (χ1n) is 6.19. The van der Waals surface area contributed by atoms with E-state index in [1.54, 1.807) is 14.0 Å². The van der Waals surface area contributed by atoms with Gasteiger partial charge in [-0.25, -0.2) is 4.79 Å². The second-order valence-corrected chi connectivity index (χ2v) is 4.74. The summed E-state index contributed by atoms with van der Waals surface area (Å²) in [6.07, 6.45) is 1.98. The van der Waals surface area contributed by atoms with Crippen LogP contribution in [0.25, 0.3) is 0 Å². The van der Waals surface area contributed by atoms with E-state index in [1.165, 1.54) is 4.90 Å². The number of carboxylic acid groups (broad SMARTS) is 1. The molecule has 2 N–H and O–H groups in total. The first-order valence-corrected chi connectivity index (χ1v) is 6.19. The molecule has 0 aromatic rings. The molecular formula is C12H22N2O3. The highest BCUT2D eigenvalue weighted by Crippen LogP contribution is 2.32. The number of carboxylic acids is 1. The summed E-state index contributed by atoms with van der Waals surface area (Å²) in [4.78, 5) is 24.9. The Kier molecular flexibility index (Phi) is 4.51. The maximum Gasteiger partial charge on any atom is 0.326 e. The van der Waals surface area contributed by atoms with Crippen molar-refractivity contribution in [1.29, 1.82) is 0 Å². The van der Waals surface area contributed by atoms with Crippen LogP contribution in [0.1, 0.15) is 33.1 Å². The molecule has 5 heteroatoms. The molecule has 0 aromatic heterocycles. The van der Waals surface area contributed by atoms with Crippen LogP contribution >= 0.6 is 0 Å². The molecule has 1 rings (SSSR count). The van der Waals surface area contributed by atoms with Crippen molar-refractivity contribution in [2.45, 2.75) is 39.2 Å². The zero-order valence-corrected chi connectivity index (χ0v) is 10.8. The predicted molar refractivity (Wildman–Crippen MR) is 64.7 cm³/mol. The van der Waals surface area contributed by atoms with E-state index in [2.05, 4.69) is 5.32 Å². The topological polar surface area (TPSA) is 69.6 Å². The van der Waals surface area contributed by atoms with Gasteiger partial charge in [-0.15, -0.1) is 0 Å². The number of nitrogens with zero attached hydrogens (tertiary/aromatic N) is 1. The number of carbonyl (C=O) groups is 2. The Morgan fingerprint density at radius 1 is 1.47 bits per heavy atom. The molecule has 1 saturated heterocycles. The predicted octanol–water partition coefficient (Wildman–Crippen LogP) is 0.698.